The summed E-state index contributed by atoms with van der Waals surface area (Å²) >= 11 is 11.1. The second kappa shape index (κ2) is 3.22. The van der Waals surface area contributed by atoms with Gasteiger partial charge in [0.2, 0.25) is 0 Å². The topological polar surface area (TPSA) is 57.9 Å². The van der Waals surface area contributed by atoms with Gasteiger partial charge >= 0.3 is 0 Å². The number of rotatable bonds is 1. The molecule has 1 aromatic carbocycles. The number of hydrogen-bond donors (Lipinski definition) is 0. The summed E-state index contributed by atoms with van der Waals surface area (Å²) in [4.78, 5) is -0.228. The Morgan fingerprint density at radius 3 is 2.25 bits per heavy atom. The zero-order valence-electron chi connectivity index (χ0n) is 5.71. The Bertz CT molecular complexity index is 402. The van der Waals surface area contributed by atoms with E-state index in [4.69, 9.17) is 28.3 Å². The summed E-state index contributed by atoms with van der Waals surface area (Å²) in [5, 5.41) is 7.04. The molecule has 0 fully saturated rings. The van der Waals surface area contributed by atoms with Crippen LogP contribution in [-0.4, -0.2) is 8.42 Å². The molecule has 0 spiro atoms. The van der Waals surface area contributed by atoms with Crippen LogP contribution in [0.1, 0.15) is 0 Å². The van der Waals surface area contributed by atoms with Gasteiger partial charge in [-0.1, -0.05) is 23.2 Å². The average molecular weight is 225 g/mol. The lowest BCUT2D eigenvalue weighted by atomic mass is 10.4. The van der Waals surface area contributed by atoms with E-state index >= 15 is 0 Å². The van der Waals surface area contributed by atoms with Crippen LogP contribution in [0, 0.1) is 0 Å². The van der Waals surface area contributed by atoms with Crippen molar-refractivity contribution < 1.29 is 8.42 Å². The number of sulfonamides is 1. The maximum Gasteiger partial charge on any atom is 0.255 e. The van der Waals surface area contributed by atoms with Crippen molar-refractivity contribution in [2.75, 3.05) is 0 Å². The van der Waals surface area contributed by atoms with Crippen LogP contribution >= 0.6 is 23.2 Å². The van der Waals surface area contributed by atoms with E-state index in [9.17, 15) is 8.42 Å². The van der Waals surface area contributed by atoms with Gasteiger partial charge in [-0.3, -0.25) is 0 Å². The van der Waals surface area contributed by atoms with E-state index in [0.29, 0.717) is 5.02 Å². The largest absolute Gasteiger partial charge is 0.255 e. The van der Waals surface area contributed by atoms with E-state index in [1.165, 1.54) is 18.2 Å². The first-order chi connectivity index (χ1) is 5.41. The summed E-state index contributed by atoms with van der Waals surface area (Å²) in [5.41, 5.74) is 0. The third-order valence-corrected chi connectivity index (χ3v) is 2.78. The minimum atomic E-state index is -3.99. The van der Waals surface area contributed by atoms with Gasteiger partial charge in [-0.15, -0.1) is 5.14 Å². The van der Waals surface area contributed by atoms with Crippen LogP contribution in [0.3, 0.4) is 0 Å². The summed E-state index contributed by atoms with van der Waals surface area (Å²) < 4.78 is 21.4. The van der Waals surface area contributed by atoms with E-state index in [1.807, 2.05) is 0 Å². The molecule has 0 unspecified atom stereocenters. The molecular weight excluding hydrogens is 221 g/mol. The predicted molar refractivity (Wildman–Crippen MR) is 46.7 cm³/mol. The van der Waals surface area contributed by atoms with Gasteiger partial charge in [0.25, 0.3) is 10.0 Å². The molecule has 1 radical (unpaired) electrons. The second-order valence-corrected chi connectivity index (χ2v) is 4.37. The Kier molecular flexibility index (Phi) is 2.63. The molecule has 1 aromatic rings. The zero-order valence-corrected chi connectivity index (χ0v) is 8.04. The molecule has 1 rings (SSSR count). The maximum absolute atomic E-state index is 10.7. The Morgan fingerprint density at radius 2 is 1.83 bits per heavy atom. The van der Waals surface area contributed by atoms with Crippen LogP contribution in [0.5, 0.6) is 0 Å². The van der Waals surface area contributed by atoms with Gasteiger partial charge in [-0.2, -0.15) is 0 Å². The van der Waals surface area contributed by atoms with Crippen LogP contribution < -0.4 is 5.14 Å². The lowest BCUT2D eigenvalue weighted by Gasteiger charge is -1.99. The van der Waals surface area contributed by atoms with Crippen molar-refractivity contribution in [3.05, 3.63) is 28.2 Å². The fraction of sp³-hybridized carbons (Fsp3) is 0. The first-order valence-corrected chi connectivity index (χ1v) is 5.10. The molecule has 0 heterocycles. The molecule has 0 atom stereocenters. The van der Waals surface area contributed by atoms with Crippen LogP contribution in [0.15, 0.2) is 23.1 Å². The van der Waals surface area contributed by atoms with E-state index in [1.54, 1.807) is 0 Å². The highest BCUT2D eigenvalue weighted by atomic mass is 35.5. The van der Waals surface area contributed by atoms with Crippen molar-refractivity contribution >= 4 is 33.2 Å². The number of halogens is 2. The normalized spacial score (nSPS) is 11.6. The lowest BCUT2D eigenvalue weighted by Crippen LogP contribution is -2.00. The summed E-state index contributed by atoms with van der Waals surface area (Å²) in [6, 6.07) is 3.85. The third kappa shape index (κ3) is 2.10. The van der Waals surface area contributed by atoms with Crippen molar-refractivity contribution in [2.24, 2.45) is 0 Å². The molecule has 0 saturated heterocycles. The Hall–Kier alpha value is -0.290. The molecule has 0 aliphatic heterocycles. The first-order valence-electron chi connectivity index (χ1n) is 2.86. The van der Waals surface area contributed by atoms with Crippen LogP contribution in [0.4, 0.5) is 0 Å². The predicted octanol–water partition coefficient (Wildman–Crippen LogP) is 1.97. The van der Waals surface area contributed by atoms with Crippen molar-refractivity contribution in [1.29, 1.82) is 0 Å². The fourth-order valence-electron chi connectivity index (χ4n) is 0.693. The van der Waals surface area contributed by atoms with Crippen molar-refractivity contribution in [1.82, 2.24) is 5.14 Å². The molecule has 6 heteroatoms. The summed E-state index contributed by atoms with van der Waals surface area (Å²) in [7, 11) is -3.99. The Labute approximate surface area is 80.1 Å². The van der Waals surface area contributed by atoms with Gasteiger partial charge in [-0.25, -0.2) is 8.42 Å². The minimum Gasteiger partial charge on any atom is -0.206 e. The molecule has 65 valence electrons. The minimum absolute atomic E-state index is 0.0301. The fourth-order valence-corrected chi connectivity index (χ4v) is 1.97. The van der Waals surface area contributed by atoms with E-state index in [0.717, 1.165) is 0 Å². The van der Waals surface area contributed by atoms with E-state index in [-0.39, 0.29) is 9.92 Å². The highest BCUT2D eigenvalue weighted by Crippen LogP contribution is 2.24. The standard InChI is InChI=1S/C6H4Cl2NO2S/c7-4-1-2-6(5(8)3-4)12(9,10)11/h1-3,9H. The Morgan fingerprint density at radius 1 is 1.25 bits per heavy atom. The SMILES string of the molecule is [NH]S(=O)(=O)c1ccc(Cl)cc1Cl. The second-order valence-electron chi connectivity index (χ2n) is 2.08. The highest BCUT2D eigenvalue weighted by Gasteiger charge is 2.12. The quantitative estimate of drug-likeness (QED) is 0.733. The lowest BCUT2D eigenvalue weighted by molar-refractivity contribution is 0.596. The van der Waals surface area contributed by atoms with Crippen LogP contribution in [0.2, 0.25) is 10.0 Å². The first kappa shape index (κ1) is 9.80. The van der Waals surface area contributed by atoms with Gasteiger partial charge in [0, 0.05) is 5.02 Å². The van der Waals surface area contributed by atoms with Gasteiger partial charge in [0.15, 0.2) is 0 Å². The molecule has 1 N–H and O–H groups in total. The van der Waals surface area contributed by atoms with Crippen molar-refractivity contribution in [3.63, 3.8) is 0 Å². The summed E-state index contributed by atoms with van der Waals surface area (Å²) in [5.74, 6) is 0. The molecular formula is C6H4Cl2NO2S. The number of benzene rings is 1. The number of hydrogen-bond acceptors (Lipinski definition) is 2. The highest BCUT2D eigenvalue weighted by molar-refractivity contribution is 7.89. The van der Waals surface area contributed by atoms with Gasteiger partial charge in [0.05, 0.1) is 5.02 Å². The van der Waals surface area contributed by atoms with Crippen molar-refractivity contribution in [2.45, 2.75) is 4.90 Å². The monoisotopic (exact) mass is 224 g/mol. The molecule has 0 aromatic heterocycles. The molecule has 0 saturated carbocycles. The molecule has 3 nitrogen and oxygen atoms in total. The van der Waals surface area contributed by atoms with Gasteiger partial charge in [0.1, 0.15) is 4.90 Å². The van der Waals surface area contributed by atoms with Crippen LogP contribution in [-0.2, 0) is 10.0 Å². The summed E-state index contributed by atoms with van der Waals surface area (Å²) in [6.07, 6.45) is 0. The molecule has 0 aliphatic carbocycles. The third-order valence-electron chi connectivity index (χ3n) is 1.18. The molecule has 0 amide bonds. The maximum atomic E-state index is 10.7. The Balaban J connectivity index is 3.39. The summed E-state index contributed by atoms with van der Waals surface area (Å²) in [6.45, 7) is 0. The smallest absolute Gasteiger partial charge is 0.206 e. The van der Waals surface area contributed by atoms with Crippen molar-refractivity contribution in [3.8, 4) is 0 Å². The zero-order chi connectivity index (χ0) is 9.35. The van der Waals surface area contributed by atoms with E-state index < -0.39 is 10.0 Å². The van der Waals surface area contributed by atoms with Crippen LogP contribution in [0.25, 0.3) is 0 Å². The number of nitrogens with one attached hydrogen (secondary N) is 1. The molecule has 0 bridgehead atoms. The van der Waals surface area contributed by atoms with E-state index in [2.05, 4.69) is 0 Å². The average Bonchev–Trinajstić information content (AvgIpc) is 1.83. The van der Waals surface area contributed by atoms with Gasteiger partial charge in [-0.05, 0) is 18.2 Å². The van der Waals surface area contributed by atoms with Gasteiger partial charge < -0.3 is 0 Å². The molecule has 0 aliphatic rings. The molecule has 12 heavy (non-hydrogen) atoms.